The van der Waals surface area contributed by atoms with Gasteiger partial charge in [-0.2, -0.15) is 0 Å². The van der Waals surface area contributed by atoms with E-state index in [4.69, 9.17) is 9.47 Å². The smallest absolute Gasteiger partial charge is 0.0809 e. The third-order valence-electron chi connectivity index (χ3n) is 3.82. The van der Waals surface area contributed by atoms with Crippen molar-refractivity contribution in [3.05, 3.63) is 0 Å². The van der Waals surface area contributed by atoms with Crippen molar-refractivity contribution < 1.29 is 14.6 Å². The Morgan fingerprint density at radius 2 is 2.22 bits per heavy atom. The highest BCUT2D eigenvalue weighted by Gasteiger charge is 2.31. The topological polar surface area (TPSA) is 50.7 Å². The highest BCUT2D eigenvalue weighted by molar-refractivity contribution is 4.92. The molecule has 106 valence electrons. The van der Waals surface area contributed by atoms with Crippen molar-refractivity contribution in [3.63, 3.8) is 0 Å². The van der Waals surface area contributed by atoms with Crippen LogP contribution in [0.1, 0.15) is 45.4 Å². The summed E-state index contributed by atoms with van der Waals surface area (Å²) in [6, 6.07) is 0.634. The molecule has 4 nitrogen and oxygen atoms in total. The first-order valence-electron chi connectivity index (χ1n) is 7.30. The van der Waals surface area contributed by atoms with E-state index >= 15 is 0 Å². The van der Waals surface area contributed by atoms with E-state index < -0.39 is 0 Å². The quantitative estimate of drug-likeness (QED) is 0.614. The second-order valence-corrected chi connectivity index (χ2v) is 5.95. The zero-order valence-electron chi connectivity index (χ0n) is 11.5. The highest BCUT2D eigenvalue weighted by Crippen LogP contribution is 2.24. The van der Waals surface area contributed by atoms with E-state index in [0.717, 1.165) is 39.1 Å². The molecule has 1 saturated heterocycles. The molecule has 0 radical (unpaired) electrons. The summed E-state index contributed by atoms with van der Waals surface area (Å²) in [4.78, 5) is 0. The molecular formula is C14H27NO3. The van der Waals surface area contributed by atoms with Crippen molar-refractivity contribution in [1.82, 2.24) is 5.32 Å². The molecule has 0 aromatic rings. The lowest BCUT2D eigenvalue weighted by Gasteiger charge is -2.29. The molecule has 1 aliphatic heterocycles. The molecule has 18 heavy (non-hydrogen) atoms. The van der Waals surface area contributed by atoms with Gasteiger partial charge in [-0.25, -0.2) is 0 Å². The molecule has 2 unspecified atom stereocenters. The Kier molecular flexibility index (Phi) is 5.42. The van der Waals surface area contributed by atoms with Gasteiger partial charge in [0, 0.05) is 24.8 Å². The van der Waals surface area contributed by atoms with Gasteiger partial charge >= 0.3 is 0 Å². The lowest BCUT2D eigenvalue weighted by atomic mass is 9.97. The van der Waals surface area contributed by atoms with E-state index in [-0.39, 0.29) is 12.1 Å². The van der Waals surface area contributed by atoms with Gasteiger partial charge in [-0.05, 0) is 45.4 Å². The summed E-state index contributed by atoms with van der Waals surface area (Å²) in [5, 5.41) is 13.0. The second-order valence-electron chi connectivity index (χ2n) is 5.95. The number of hydrogen-bond acceptors (Lipinski definition) is 4. The fourth-order valence-electron chi connectivity index (χ4n) is 2.47. The van der Waals surface area contributed by atoms with E-state index in [1.54, 1.807) is 0 Å². The molecule has 0 spiro atoms. The van der Waals surface area contributed by atoms with Gasteiger partial charge in [-0.3, -0.25) is 0 Å². The van der Waals surface area contributed by atoms with E-state index in [0.29, 0.717) is 12.1 Å². The Bertz CT molecular complexity index is 239. The highest BCUT2D eigenvalue weighted by atomic mass is 16.5. The van der Waals surface area contributed by atoms with E-state index in [1.807, 2.05) is 0 Å². The van der Waals surface area contributed by atoms with E-state index in [1.165, 1.54) is 19.3 Å². The van der Waals surface area contributed by atoms with Crippen molar-refractivity contribution in [2.75, 3.05) is 26.4 Å². The first-order valence-corrected chi connectivity index (χ1v) is 7.30. The molecule has 0 aromatic heterocycles. The van der Waals surface area contributed by atoms with Gasteiger partial charge < -0.3 is 19.9 Å². The number of aliphatic hydroxyl groups is 1. The van der Waals surface area contributed by atoms with Gasteiger partial charge in [0.05, 0.1) is 19.3 Å². The number of nitrogens with one attached hydrogen (secondary N) is 1. The average Bonchev–Trinajstić information content (AvgIpc) is 3.01. The number of aliphatic hydroxyl groups excluding tert-OH is 1. The number of hydrogen-bond donors (Lipinski definition) is 2. The van der Waals surface area contributed by atoms with Crippen LogP contribution in [0.2, 0.25) is 0 Å². The summed E-state index contributed by atoms with van der Waals surface area (Å²) >= 11 is 0. The Labute approximate surface area is 110 Å². The minimum atomic E-state index is -0.131. The monoisotopic (exact) mass is 257 g/mol. The van der Waals surface area contributed by atoms with Crippen LogP contribution < -0.4 is 5.32 Å². The molecule has 2 fully saturated rings. The molecule has 4 heteroatoms. The second kappa shape index (κ2) is 6.85. The predicted molar refractivity (Wildman–Crippen MR) is 70.7 cm³/mol. The van der Waals surface area contributed by atoms with Crippen LogP contribution in [-0.4, -0.2) is 49.2 Å². The van der Waals surface area contributed by atoms with Gasteiger partial charge in [-0.1, -0.05) is 0 Å². The third kappa shape index (κ3) is 4.84. The summed E-state index contributed by atoms with van der Waals surface area (Å²) in [5.41, 5.74) is -0.131. The van der Waals surface area contributed by atoms with E-state index in [9.17, 15) is 5.11 Å². The van der Waals surface area contributed by atoms with Crippen molar-refractivity contribution in [1.29, 1.82) is 0 Å². The molecule has 1 aliphatic carbocycles. The predicted octanol–water partition coefficient (Wildman–Crippen LogP) is 1.47. The minimum absolute atomic E-state index is 0.131. The third-order valence-corrected chi connectivity index (χ3v) is 3.82. The van der Waals surface area contributed by atoms with Crippen LogP contribution >= 0.6 is 0 Å². The maximum Gasteiger partial charge on any atom is 0.0809 e. The average molecular weight is 257 g/mol. The van der Waals surface area contributed by atoms with Crippen molar-refractivity contribution in [2.24, 2.45) is 0 Å². The zero-order chi connectivity index (χ0) is 12.8. The van der Waals surface area contributed by atoms with Crippen LogP contribution in [0.4, 0.5) is 0 Å². The Morgan fingerprint density at radius 3 is 2.83 bits per heavy atom. The maximum atomic E-state index is 9.47. The molecule has 2 rings (SSSR count). The molecular weight excluding hydrogens is 230 g/mol. The molecule has 0 bridgehead atoms. The van der Waals surface area contributed by atoms with Crippen LogP contribution in [0.25, 0.3) is 0 Å². The first-order chi connectivity index (χ1) is 8.72. The first kappa shape index (κ1) is 14.3. The number of rotatable bonds is 9. The maximum absolute atomic E-state index is 9.47. The summed E-state index contributed by atoms with van der Waals surface area (Å²) in [6.07, 6.45) is 7.09. The minimum Gasteiger partial charge on any atom is -0.394 e. The van der Waals surface area contributed by atoms with Crippen LogP contribution in [-0.2, 0) is 9.47 Å². The Hall–Kier alpha value is -0.160. The van der Waals surface area contributed by atoms with Crippen LogP contribution in [0, 0.1) is 0 Å². The summed E-state index contributed by atoms with van der Waals surface area (Å²) in [7, 11) is 0. The number of ether oxygens (including phenoxy) is 2. The summed E-state index contributed by atoms with van der Waals surface area (Å²) < 4.78 is 11.1. The fourth-order valence-corrected chi connectivity index (χ4v) is 2.47. The van der Waals surface area contributed by atoms with Crippen molar-refractivity contribution in [3.8, 4) is 0 Å². The van der Waals surface area contributed by atoms with Crippen molar-refractivity contribution >= 4 is 0 Å². The van der Waals surface area contributed by atoms with Gasteiger partial charge in [0.15, 0.2) is 0 Å². The Morgan fingerprint density at radius 1 is 1.39 bits per heavy atom. The van der Waals surface area contributed by atoms with Crippen LogP contribution in [0.3, 0.4) is 0 Å². The zero-order valence-corrected chi connectivity index (χ0v) is 11.5. The largest absolute Gasteiger partial charge is 0.394 e. The molecule has 0 amide bonds. The Balaban J connectivity index is 1.52. The molecule has 0 aromatic carbocycles. The molecule has 2 N–H and O–H groups in total. The van der Waals surface area contributed by atoms with E-state index in [2.05, 4.69) is 12.2 Å². The van der Waals surface area contributed by atoms with Crippen molar-refractivity contribution in [2.45, 2.75) is 63.1 Å². The molecule has 2 aliphatic rings. The standard InChI is InChI=1S/C14H27NO3/c1-14(11-16,15-12-5-6-12)7-3-8-17-10-13-4-2-9-18-13/h12-13,15-16H,2-11H2,1H3. The van der Waals surface area contributed by atoms with Crippen LogP contribution in [0.15, 0.2) is 0 Å². The summed E-state index contributed by atoms with van der Waals surface area (Å²) in [6.45, 7) is 4.69. The lowest BCUT2D eigenvalue weighted by molar-refractivity contribution is 0.0138. The molecule has 2 atom stereocenters. The normalized spacial score (nSPS) is 27.3. The van der Waals surface area contributed by atoms with Crippen LogP contribution in [0.5, 0.6) is 0 Å². The summed E-state index contributed by atoms with van der Waals surface area (Å²) in [5.74, 6) is 0. The van der Waals surface area contributed by atoms with Gasteiger partial charge in [0.2, 0.25) is 0 Å². The molecule has 1 saturated carbocycles. The van der Waals surface area contributed by atoms with Gasteiger partial charge in [-0.15, -0.1) is 0 Å². The fraction of sp³-hybridized carbons (Fsp3) is 1.00. The van der Waals surface area contributed by atoms with Gasteiger partial charge in [0.1, 0.15) is 0 Å². The lowest BCUT2D eigenvalue weighted by Crippen LogP contribution is -2.47. The van der Waals surface area contributed by atoms with Gasteiger partial charge in [0.25, 0.3) is 0 Å². The molecule has 1 heterocycles. The SMILES string of the molecule is CC(CO)(CCCOCC1CCCO1)NC1CC1.